The Balaban J connectivity index is 2.26. The van der Waals surface area contributed by atoms with Crippen LogP contribution in [0.15, 0.2) is 18.2 Å². The van der Waals surface area contributed by atoms with Crippen LogP contribution in [0.25, 0.3) is 0 Å². The van der Waals surface area contributed by atoms with Gasteiger partial charge in [0, 0.05) is 10.7 Å². The van der Waals surface area contributed by atoms with Gasteiger partial charge in [-0.15, -0.1) is 0 Å². The Labute approximate surface area is 112 Å². The summed E-state index contributed by atoms with van der Waals surface area (Å²) < 4.78 is 32.0. The second kappa shape index (κ2) is 6.97. The Hall–Kier alpha value is -0.780. The summed E-state index contributed by atoms with van der Waals surface area (Å²) in [7, 11) is 1.57. The largest absolute Gasteiger partial charge is 0.491 e. The molecule has 0 atom stereocenters. The van der Waals surface area contributed by atoms with Gasteiger partial charge in [-0.25, -0.2) is 8.42 Å². The van der Waals surface area contributed by atoms with Crippen molar-refractivity contribution in [1.82, 2.24) is 0 Å². The maximum atomic E-state index is 10.6. The SMILES string of the molecule is Cc1cccc(C)c1OCCOCCS(=O)(=O)Cl. The number of benzene rings is 1. The van der Waals surface area contributed by atoms with Gasteiger partial charge in [0.25, 0.3) is 0 Å². The van der Waals surface area contributed by atoms with E-state index >= 15 is 0 Å². The third-order valence-electron chi connectivity index (χ3n) is 2.35. The minimum atomic E-state index is -3.47. The van der Waals surface area contributed by atoms with Crippen molar-refractivity contribution in [2.24, 2.45) is 0 Å². The third-order valence-corrected chi connectivity index (χ3v) is 3.47. The van der Waals surface area contributed by atoms with E-state index in [0.29, 0.717) is 13.2 Å². The molecule has 0 unspecified atom stereocenters. The zero-order valence-electron chi connectivity index (χ0n) is 10.5. The van der Waals surface area contributed by atoms with E-state index in [0.717, 1.165) is 16.9 Å². The first-order valence-electron chi connectivity index (χ1n) is 5.59. The quantitative estimate of drug-likeness (QED) is 0.571. The molecular weight excluding hydrogens is 276 g/mol. The van der Waals surface area contributed by atoms with Gasteiger partial charge in [-0.3, -0.25) is 0 Å². The standard InChI is InChI=1S/C12H17ClO4S/c1-10-4-3-5-11(2)12(10)17-7-6-16-8-9-18(13,14)15/h3-5H,6-9H2,1-2H3. The fraction of sp³-hybridized carbons (Fsp3) is 0.500. The van der Waals surface area contributed by atoms with Crippen LogP contribution < -0.4 is 4.74 Å². The molecule has 1 aromatic carbocycles. The summed E-state index contributed by atoms with van der Waals surface area (Å²) in [5.41, 5.74) is 2.14. The zero-order chi connectivity index (χ0) is 13.6. The highest BCUT2D eigenvalue weighted by Crippen LogP contribution is 2.21. The molecule has 1 aromatic rings. The second-order valence-corrected chi connectivity index (χ2v) is 6.82. The van der Waals surface area contributed by atoms with Crippen molar-refractivity contribution in [2.75, 3.05) is 25.6 Å². The van der Waals surface area contributed by atoms with E-state index in [9.17, 15) is 8.42 Å². The van der Waals surface area contributed by atoms with Gasteiger partial charge in [-0.1, -0.05) is 18.2 Å². The van der Waals surface area contributed by atoms with Crippen molar-refractivity contribution in [3.8, 4) is 5.75 Å². The molecule has 0 radical (unpaired) electrons. The Kier molecular flexibility index (Phi) is 5.91. The van der Waals surface area contributed by atoms with Gasteiger partial charge in [0.15, 0.2) is 0 Å². The number of ether oxygens (including phenoxy) is 2. The highest BCUT2D eigenvalue weighted by Gasteiger charge is 2.05. The smallest absolute Gasteiger partial charge is 0.234 e. The van der Waals surface area contributed by atoms with Crippen molar-refractivity contribution in [1.29, 1.82) is 0 Å². The number of rotatable bonds is 7. The van der Waals surface area contributed by atoms with Crippen molar-refractivity contribution in [3.05, 3.63) is 29.3 Å². The average molecular weight is 293 g/mol. The summed E-state index contributed by atoms with van der Waals surface area (Å²) in [4.78, 5) is 0. The highest BCUT2D eigenvalue weighted by atomic mass is 35.7. The molecule has 102 valence electrons. The summed E-state index contributed by atoms with van der Waals surface area (Å²) >= 11 is 0. The third kappa shape index (κ3) is 5.71. The lowest BCUT2D eigenvalue weighted by Crippen LogP contribution is -2.12. The molecule has 0 saturated carbocycles. The highest BCUT2D eigenvalue weighted by molar-refractivity contribution is 8.13. The minimum Gasteiger partial charge on any atom is -0.491 e. The summed E-state index contributed by atoms with van der Waals surface area (Å²) in [5, 5.41) is 0. The molecule has 18 heavy (non-hydrogen) atoms. The van der Waals surface area contributed by atoms with Gasteiger partial charge in [0.05, 0.1) is 19.0 Å². The van der Waals surface area contributed by atoms with Gasteiger partial charge >= 0.3 is 0 Å². The maximum absolute atomic E-state index is 10.6. The lowest BCUT2D eigenvalue weighted by Gasteiger charge is -2.11. The zero-order valence-corrected chi connectivity index (χ0v) is 12.1. The molecule has 0 aliphatic heterocycles. The van der Waals surface area contributed by atoms with Crippen LogP contribution in [-0.4, -0.2) is 34.0 Å². The molecule has 0 bridgehead atoms. The van der Waals surface area contributed by atoms with Crippen molar-refractivity contribution in [2.45, 2.75) is 13.8 Å². The van der Waals surface area contributed by atoms with E-state index in [2.05, 4.69) is 0 Å². The molecule has 4 nitrogen and oxygen atoms in total. The fourth-order valence-corrected chi connectivity index (χ4v) is 2.00. The van der Waals surface area contributed by atoms with Crippen LogP contribution in [0.5, 0.6) is 5.75 Å². The van der Waals surface area contributed by atoms with Gasteiger partial charge in [0.1, 0.15) is 12.4 Å². The molecule has 0 aromatic heterocycles. The van der Waals surface area contributed by atoms with Crippen LogP contribution in [0, 0.1) is 13.8 Å². The van der Waals surface area contributed by atoms with E-state index in [4.69, 9.17) is 20.2 Å². The molecule has 0 aliphatic rings. The molecule has 0 saturated heterocycles. The van der Waals surface area contributed by atoms with E-state index in [1.54, 1.807) is 0 Å². The van der Waals surface area contributed by atoms with Crippen LogP contribution in [0.2, 0.25) is 0 Å². The van der Waals surface area contributed by atoms with Crippen LogP contribution in [0.1, 0.15) is 11.1 Å². The second-order valence-electron chi connectivity index (χ2n) is 3.92. The molecule has 0 heterocycles. The van der Waals surface area contributed by atoms with Gasteiger partial charge in [-0.05, 0) is 25.0 Å². The topological polar surface area (TPSA) is 52.6 Å². The maximum Gasteiger partial charge on any atom is 0.234 e. The molecule has 0 aliphatic carbocycles. The first-order valence-corrected chi connectivity index (χ1v) is 8.07. The summed E-state index contributed by atoms with van der Waals surface area (Å²) in [5.74, 6) is 0.670. The summed E-state index contributed by atoms with van der Waals surface area (Å²) in [6.07, 6.45) is 0. The van der Waals surface area contributed by atoms with E-state index < -0.39 is 9.05 Å². The molecule has 1 rings (SSSR count). The van der Waals surface area contributed by atoms with Crippen molar-refractivity contribution >= 4 is 19.7 Å². The van der Waals surface area contributed by atoms with Crippen LogP contribution in [-0.2, 0) is 13.8 Å². The average Bonchev–Trinajstić information content (AvgIpc) is 2.25. The Morgan fingerprint density at radius 2 is 1.72 bits per heavy atom. The van der Waals surface area contributed by atoms with E-state index in [-0.39, 0.29) is 12.4 Å². The van der Waals surface area contributed by atoms with Gasteiger partial charge in [-0.2, -0.15) is 0 Å². The summed E-state index contributed by atoms with van der Waals surface area (Å²) in [6.45, 7) is 4.75. The number of para-hydroxylation sites is 1. The van der Waals surface area contributed by atoms with E-state index in [1.807, 2.05) is 32.0 Å². The molecule has 0 fully saturated rings. The number of halogens is 1. The predicted octanol–water partition coefficient (Wildman–Crippen LogP) is 2.27. The Morgan fingerprint density at radius 3 is 2.28 bits per heavy atom. The van der Waals surface area contributed by atoms with Crippen molar-refractivity contribution < 1.29 is 17.9 Å². The van der Waals surface area contributed by atoms with Crippen LogP contribution in [0.3, 0.4) is 0 Å². The first-order chi connectivity index (χ1) is 8.40. The minimum absolute atomic E-state index is 0.0853. The molecular formula is C12H17ClO4S. The molecule has 6 heteroatoms. The number of hydrogen-bond acceptors (Lipinski definition) is 4. The lowest BCUT2D eigenvalue weighted by molar-refractivity contribution is 0.111. The first kappa shape index (κ1) is 15.3. The molecule has 0 N–H and O–H groups in total. The predicted molar refractivity (Wildman–Crippen MR) is 71.9 cm³/mol. The monoisotopic (exact) mass is 292 g/mol. The van der Waals surface area contributed by atoms with Crippen LogP contribution >= 0.6 is 10.7 Å². The lowest BCUT2D eigenvalue weighted by atomic mass is 10.1. The summed E-state index contributed by atoms with van der Waals surface area (Å²) in [6, 6.07) is 5.92. The Bertz CT molecular complexity index is 465. The Morgan fingerprint density at radius 1 is 1.11 bits per heavy atom. The van der Waals surface area contributed by atoms with Crippen LogP contribution in [0.4, 0.5) is 0 Å². The van der Waals surface area contributed by atoms with Gasteiger partial charge in [0.2, 0.25) is 9.05 Å². The van der Waals surface area contributed by atoms with Crippen molar-refractivity contribution in [3.63, 3.8) is 0 Å². The van der Waals surface area contributed by atoms with E-state index in [1.165, 1.54) is 0 Å². The van der Waals surface area contributed by atoms with Gasteiger partial charge < -0.3 is 9.47 Å². The number of hydrogen-bond donors (Lipinski definition) is 0. The molecule has 0 amide bonds. The molecule has 0 spiro atoms. The number of aryl methyl sites for hydroxylation is 2. The fourth-order valence-electron chi connectivity index (χ4n) is 1.49. The normalized spacial score (nSPS) is 11.5.